The Hall–Kier alpha value is -5.47. The fraction of sp³-hybridized carbons (Fsp3) is 0.0698. The molecule has 4 heteroatoms. The van der Waals surface area contributed by atoms with Crippen molar-refractivity contribution in [1.29, 1.82) is 0 Å². The largest absolute Gasteiger partial charge is 0.458 e. The second kappa shape index (κ2) is 8.08. The van der Waals surface area contributed by atoms with Crippen LogP contribution in [0.4, 0.5) is 0 Å². The fourth-order valence-electron chi connectivity index (χ4n) is 9.71. The predicted octanol–water partition coefficient (Wildman–Crippen LogP) is 6.71. The van der Waals surface area contributed by atoms with E-state index in [1.165, 1.54) is 104 Å². The molecule has 0 aromatic heterocycles. The number of benzene rings is 8. The van der Waals surface area contributed by atoms with Gasteiger partial charge in [-0.3, -0.25) is 0 Å². The number of rotatable bonds is 0. The average Bonchev–Trinajstić information content (AvgIpc) is 3.07. The summed E-state index contributed by atoms with van der Waals surface area (Å²) in [6, 6.07) is 39.1. The minimum absolute atomic E-state index is 0.117. The minimum atomic E-state index is 0.117. The Morgan fingerprint density at radius 3 is 1.53 bits per heavy atom. The smallest absolute Gasteiger partial charge is 0.252 e. The quantitative estimate of drug-likeness (QED) is 0.143. The van der Waals surface area contributed by atoms with Crippen molar-refractivity contribution in [3.05, 3.63) is 120 Å². The van der Waals surface area contributed by atoms with E-state index in [4.69, 9.17) is 9.47 Å². The van der Waals surface area contributed by atoms with Gasteiger partial charge in [0.05, 0.1) is 0 Å². The SMILES string of the molecule is Cc1ccc2c(c1)Oc1cc(C)cc3c1B2c1cc2ccc4c5c(cc6ccc-3c1c6c25)B1c2ccccc2Oc2cc(C)cc-4c21. The molecule has 216 valence electrons. The van der Waals surface area contributed by atoms with Gasteiger partial charge < -0.3 is 9.47 Å². The van der Waals surface area contributed by atoms with Gasteiger partial charge in [0.25, 0.3) is 13.4 Å². The van der Waals surface area contributed by atoms with Crippen LogP contribution in [0.1, 0.15) is 16.7 Å². The topological polar surface area (TPSA) is 18.5 Å². The first-order valence-corrected chi connectivity index (χ1v) is 16.6. The van der Waals surface area contributed by atoms with Crippen molar-refractivity contribution in [3.63, 3.8) is 0 Å². The Morgan fingerprint density at radius 1 is 0.383 bits per heavy atom. The van der Waals surface area contributed by atoms with Crippen LogP contribution in [-0.4, -0.2) is 13.4 Å². The molecule has 8 aromatic rings. The van der Waals surface area contributed by atoms with Crippen LogP contribution >= 0.6 is 0 Å². The lowest BCUT2D eigenvalue weighted by Crippen LogP contribution is -2.58. The minimum Gasteiger partial charge on any atom is -0.458 e. The van der Waals surface area contributed by atoms with Crippen LogP contribution in [0.15, 0.2) is 103 Å². The highest BCUT2D eigenvalue weighted by Gasteiger charge is 2.43. The number of ether oxygens (including phenoxy) is 2. The maximum absolute atomic E-state index is 6.68. The van der Waals surface area contributed by atoms with E-state index < -0.39 is 0 Å². The Labute approximate surface area is 273 Å². The third-order valence-electron chi connectivity index (χ3n) is 11.4. The summed E-state index contributed by atoms with van der Waals surface area (Å²) in [5.41, 5.74) is 16.8. The Kier molecular flexibility index (Phi) is 4.25. The number of hydrogen-bond donors (Lipinski definition) is 0. The normalized spacial score (nSPS) is 14.1. The predicted molar refractivity (Wildman–Crippen MR) is 198 cm³/mol. The van der Waals surface area contributed by atoms with Crippen molar-refractivity contribution in [2.75, 3.05) is 0 Å². The summed E-state index contributed by atoms with van der Waals surface area (Å²) < 4.78 is 13.3. The molecule has 0 unspecified atom stereocenters. The summed E-state index contributed by atoms with van der Waals surface area (Å²) in [7, 11) is 0. The fourth-order valence-corrected chi connectivity index (χ4v) is 9.71. The second-order valence-corrected chi connectivity index (χ2v) is 14.2. The number of para-hydroxylation sites is 1. The molecule has 4 aliphatic rings. The van der Waals surface area contributed by atoms with Gasteiger partial charge in [-0.05, 0) is 138 Å². The summed E-state index contributed by atoms with van der Waals surface area (Å²) >= 11 is 0. The molecule has 12 rings (SSSR count). The summed E-state index contributed by atoms with van der Waals surface area (Å²) in [6.45, 7) is 6.77. The third kappa shape index (κ3) is 2.88. The van der Waals surface area contributed by atoms with E-state index in [0.717, 1.165) is 23.0 Å². The highest BCUT2D eigenvalue weighted by molar-refractivity contribution is 7.01. The van der Waals surface area contributed by atoms with Gasteiger partial charge in [-0.25, -0.2) is 0 Å². The van der Waals surface area contributed by atoms with E-state index in [2.05, 4.69) is 124 Å². The van der Waals surface area contributed by atoms with E-state index in [-0.39, 0.29) is 13.4 Å². The van der Waals surface area contributed by atoms with Crippen molar-refractivity contribution in [2.45, 2.75) is 20.8 Å². The molecule has 4 heterocycles. The molecule has 0 aliphatic carbocycles. The van der Waals surface area contributed by atoms with Crippen LogP contribution in [0.2, 0.25) is 0 Å². The van der Waals surface area contributed by atoms with Crippen LogP contribution in [0.25, 0.3) is 54.6 Å². The van der Waals surface area contributed by atoms with E-state index in [0.29, 0.717) is 0 Å². The summed E-state index contributed by atoms with van der Waals surface area (Å²) in [4.78, 5) is 0. The molecule has 0 atom stereocenters. The van der Waals surface area contributed by atoms with Crippen LogP contribution in [0, 0.1) is 20.8 Å². The summed E-state index contributed by atoms with van der Waals surface area (Å²) in [5, 5.41) is 8.18. The molecular formula is C43H26B2O2. The Balaban J connectivity index is 1.27. The van der Waals surface area contributed by atoms with Gasteiger partial charge in [0.1, 0.15) is 23.0 Å². The van der Waals surface area contributed by atoms with Crippen LogP contribution < -0.4 is 42.3 Å². The molecule has 0 amide bonds. The number of fused-ring (bicyclic) bond motifs is 8. The highest BCUT2D eigenvalue weighted by atomic mass is 16.5. The van der Waals surface area contributed by atoms with E-state index in [1.807, 2.05) is 0 Å². The highest BCUT2D eigenvalue weighted by Crippen LogP contribution is 2.46. The van der Waals surface area contributed by atoms with Gasteiger partial charge in [0, 0.05) is 0 Å². The van der Waals surface area contributed by atoms with Crippen molar-refractivity contribution in [3.8, 4) is 45.3 Å². The lowest BCUT2D eigenvalue weighted by atomic mass is 9.32. The first-order chi connectivity index (χ1) is 23.0. The van der Waals surface area contributed by atoms with Crippen molar-refractivity contribution < 1.29 is 9.47 Å². The lowest BCUT2D eigenvalue weighted by molar-refractivity contribution is 0.486. The van der Waals surface area contributed by atoms with Gasteiger partial charge >= 0.3 is 0 Å². The van der Waals surface area contributed by atoms with Gasteiger partial charge in [-0.2, -0.15) is 0 Å². The molecule has 0 bridgehead atoms. The number of aryl methyl sites for hydroxylation is 3. The molecule has 0 spiro atoms. The monoisotopic (exact) mass is 596 g/mol. The lowest BCUT2D eigenvalue weighted by Gasteiger charge is -2.36. The molecule has 4 aliphatic heterocycles. The maximum Gasteiger partial charge on any atom is 0.252 e. The molecule has 47 heavy (non-hydrogen) atoms. The molecule has 0 fully saturated rings. The molecule has 0 N–H and O–H groups in total. The van der Waals surface area contributed by atoms with E-state index >= 15 is 0 Å². The summed E-state index contributed by atoms with van der Waals surface area (Å²) in [5.74, 6) is 3.92. The van der Waals surface area contributed by atoms with E-state index in [9.17, 15) is 0 Å². The third-order valence-corrected chi connectivity index (χ3v) is 11.4. The van der Waals surface area contributed by atoms with Crippen molar-refractivity contribution in [1.82, 2.24) is 0 Å². The average molecular weight is 596 g/mol. The number of hydrogen-bond acceptors (Lipinski definition) is 2. The van der Waals surface area contributed by atoms with Crippen LogP contribution in [-0.2, 0) is 0 Å². The van der Waals surface area contributed by atoms with Crippen LogP contribution in [0.3, 0.4) is 0 Å². The van der Waals surface area contributed by atoms with Crippen molar-refractivity contribution >= 4 is 78.5 Å². The Morgan fingerprint density at radius 2 is 0.915 bits per heavy atom. The first-order valence-electron chi connectivity index (χ1n) is 16.6. The Bertz CT molecular complexity index is 2790. The molecular weight excluding hydrogens is 570 g/mol. The molecule has 0 saturated carbocycles. The molecule has 0 radical (unpaired) electrons. The van der Waals surface area contributed by atoms with E-state index in [1.54, 1.807) is 0 Å². The van der Waals surface area contributed by atoms with Gasteiger partial charge in [-0.15, -0.1) is 0 Å². The zero-order valence-corrected chi connectivity index (χ0v) is 26.3. The standard InChI is InChI=1S/C43H26B2O2/c1-21-8-13-31-35(16-21)47-37-18-23(3)15-29-27-12-9-24-19-32-40-26(11-10-25-20-33(45(31)43(29)37)41(27)39(24)38(25)40)28-14-22(2)17-36-42(28)44(32)30-6-4-5-7-34(30)46-36/h4-20H,1-3H3. The maximum atomic E-state index is 6.68. The summed E-state index contributed by atoms with van der Waals surface area (Å²) in [6.07, 6.45) is 0. The first kappa shape index (κ1) is 24.7. The second-order valence-electron chi connectivity index (χ2n) is 14.2. The van der Waals surface area contributed by atoms with Gasteiger partial charge in [-0.1, -0.05) is 89.8 Å². The molecule has 8 aromatic carbocycles. The van der Waals surface area contributed by atoms with Gasteiger partial charge in [0.2, 0.25) is 0 Å². The van der Waals surface area contributed by atoms with Gasteiger partial charge in [0.15, 0.2) is 0 Å². The van der Waals surface area contributed by atoms with Crippen molar-refractivity contribution in [2.24, 2.45) is 0 Å². The molecule has 0 saturated heterocycles. The zero-order chi connectivity index (χ0) is 30.9. The zero-order valence-electron chi connectivity index (χ0n) is 26.3. The van der Waals surface area contributed by atoms with Crippen LogP contribution in [0.5, 0.6) is 23.0 Å². The molecule has 2 nitrogen and oxygen atoms in total.